The van der Waals surface area contributed by atoms with Crippen LogP contribution in [0.25, 0.3) is 6.08 Å². The van der Waals surface area contributed by atoms with E-state index in [0.29, 0.717) is 11.4 Å². The van der Waals surface area contributed by atoms with Crippen molar-refractivity contribution in [1.82, 2.24) is 4.90 Å². The number of hydrogen-bond donors (Lipinski definition) is 0. The van der Waals surface area contributed by atoms with Gasteiger partial charge in [-0.1, -0.05) is 23.7 Å². The van der Waals surface area contributed by atoms with Crippen LogP contribution in [0.5, 0.6) is 0 Å². The van der Waals surface area contributed by atoms with Crippen molar-refractivity contribution >= 4 is 33.4 Å². The molecule has 0 bridgehead atoms. The van der Waals surface area contributed by atoms with Crippen LogP contribution in [0.15, 0.2) is 30.3 Å². The summed E-state index contributed by atoms with van der Waals surface area (Å²) in [5.41, 5.74) is 0.871. The van der Waals surface area contributed by atoms with E-state index in [1.807, 2.05) is 12.1 Å². The van der Waals surface area contributed by atoms with Gasteiger partial charge in [0.05, 0.1) is 11.5 Å². The van der Waals surface area contributed by atoms with Crippen molar-refractivity contribution in [3.05, 3.63) is 40.9 Å². The Balaban J connectivity index is 1.99. The topological polar surface area (TPSA) is 54.5 Å². The standard InChI is InChI=1S/C14H16ClNO3S/c1-16(13-8-9-20(18,19)10-13)14(17)7-4-11-2-5-12(15)6-3-11/h2-7,13H,8-10H2,1H3/b7-4+. The Morgan fingerprint density at radius 3 is 2.55 bits per heavy atom. The molecular weight excluding hydrogens is 298 g/mol. The number of halogens is 1. The quantitative estimate of drug-likeness (QED) is 0.802. The maximum Gasteiger partial charge on any atom is 0.246 e. The summed E-state index contributed by atoms with van der Waals surface area (Å²) in [7, 11) is -1.34. The Bertz CT molecular complexity index is 622. The number of nitrogens with zero attached hydrogens (tertiary/aromatic N) is 1. The van der Waals surface area contributed by atoms with Crippen LogP contribution < -0.4 is 0 Å². The highest BCUT2D eigenvalue weighted by atomic mass is 35.5. The summed E-state index contributed by atoms with van der Waals surface area (Å²) in [6.45, 7) is 0. The molecule has 4 nitrogen and oxygen atoms in total. The number of hydrogen-bond acceptors (Lipinski definition) is 3. The van der Waals surface area contributed by atoms with Crippen LogP contribution in [0.1, 0.15) is 12.0 Å². The Morgan fingerprint density at radius 1 is 1.35 bits per heavy atom. The van der Waals surface area contributed by atoms with E-state index in [1.54, 1.807) is 25.3 Å². The number of rotatable bonds is 3. The summed E-state index contributed by atoms with van der Waals surface area (Å²) in [5, 5.41) is 0.641. The third kappa shape index (κ3) is 3.84. The van der Waals surface area contributed by atoms with Crippen LogP contribution in [0.2, 0.25) is 5.02 Å². The fourth-order valence-corrected chi connectivity index (χ4v) is 4.02. The molecule has 0 N–H and O–H groups in total. The van der Waals surface area contributed by atoms with Crippen molar-refractivity contribution in [3.8, 4) is 0 Å². The molecule has 108 valence electrons. The zero-order valence-corrected chi connectivity index (χ0v) is 12.7. The van der Waals surface area contributed by atoms with Gasteiger partial charge in [0.1, 0.15) is 0 Å². The smallest absolute Gasteiger partial charge is 0.246 e. The van der Waals surface area contributed by atoms with Crippen LogP contribution in [-0.4, -0.2) is 43.8 Å². The molecule has 0 radical (unpaired) electrons. The van der Waals surface area contributed by atoms with E-state index in [0.717, 1.165) is 5.56 Å². The number of likely N-dealkylation sites (N-methyl/N-ethyl adjacent to an activating group) is 1. The first-order chi connectivity index (χ1) is 9.37. The Morgan fingerprint density at radius 2 is 2.00 bits per heavy atom. The number of carbonyl (C=O) groups is 1. The van der Waals surface area contributed by atoms with Crippen LogP contribution in [0.4, 0.5) is 0 Å². The van der Waals surface area contributed by atoms with Gasteiger partial charge in [-0.3, -0.25) is 4.79 Å². The normalized spacial score (nSPS) is 21.2. The first-order valence-corrected chi connectivity index (χ1v) is 8.48. The summed E-state index contributed by atoms with van der Waals surface area (Å²) in [6.07, 6.45) is 3.66. The molecule has 1 aromatic carbocycles. The lowest BCUT2D eigenvalue weighted by molar-refractivity contribution is -0.126. The van der Waals surface area contributed by atoms with Gasteiger partial charge in [0.2, 0.25) is 5.91 Å². The predicted molar refractivity (Wildman–Crippen MR) is 80.3 cm³/mol. The van der Waals surface area contributed by atoms with Crippen LogP contribution in [0, 0.1) is 0 Å². The molecule has 1 aliphatic rings. The minimum atomic E-state index is -2.98. The highest BCUT2D eigenvalue weighted by Gasteiger charge is 2.31. The van der Waals surface area contributed by atoms with E-state index in [4.69, 9.17) is 11.6 Å². The van der Waals surface area contributed by atoms with E-state index in [1.165, 1.54) is 11.0 Å². The third-order valence-corrected chi connectivity index (χ3v) is 5.39. The van der Waals surface area contributed by atoms with Gasteiger partial charge in [-0.15, -0.1) is 0 Å². The lowest BCUT2D eigenvalue weighted by atomic mass is 10.2. The summed E-state index contributed by atoms with van der Waals surface area (Å²) >= 11 is 5.78. The fourth-order valence-electron chi connectivity index (χ4n) is 2.12. The van der Waals surface area contributed by atoms with Gasteiger partial charge in [0, 0.05) is 24.2 Å². The molecule has 2 rings (SSSR count). The Labute approximate surface area is 124 Å². The van der Waals surface area contributed by atoms with Gasteiger partial charge >= 0.3 is 0 Å². The van der Waals surface area contributed by atoms with Crippen LogP contribution in [-0.2, 0) is 14.6 Å². The number of carbonyl (C=O) groups excluding carboxylic acids is 1. The van der Waals surface area contributed by atoms with E-state index in [2.05, 4.69) is 0 Å². The molecule has 1 saturated heterocycles. The second-order valence-corrected chi connectivity index (χ2v) is 7.56. The molecular formula is C14H16ClNO3S. The average Bonchev–Trinajstić information content (AvgIpc) is 2.77. The molecule has 1 aromatic rings. The van der Waals surface area contributed by atoms with Crippen molar-refractivity contribution in [1.29, 1.82) is 0 Å². The van der Waals surface area contributed by atoms with Gasteiger partial charge in [-0.05, 0) is 30.2 Å². The van der Waals surface area contributed by atoms with Crippen LogP contribution >= 0.6 is 11.6 Å². The first-order valence-electron chi connectivity index (χ1n) is 6.28. The van der Waals surface area contributed by atoms with Crippen LogP contribution in [0.3, 0.4) is 0 Å². The molecule has 0 aliphatic carbocycles. The lowest BCUT2D eigenvalue weighted by Crippen LogP contribution is -2.36. The van der Waals surface area contributed by atoms with E-state index >= 15 is 0 Å². The van der Waals surface area contributed by atoms with Crippen molar-refractivity contribution in [3.63, 3.8) is 0 Å². The maximum atomic E-state index is 12.0. The van der Waals surface area contributed by atoms with E-state index in [9.17, 15) is 13.2 Å². The molecule has 1 atom stereocenters. The minimum Gasteiger partial charge on any atom is -0.338 e. The summed E-state index contributed by atoms with van der Waals surface area (Å²) in [4.78, 5) is 13.5. The number of benzene rings is 1. The molecule has 0 saturated carbocycles. The van der Waals surface area contributed by atoms with Crippen molar-refractivity contribution in [2.24, 2.45) is 0 Å². The van der Waals surface area contributed by atoms with Gasteiger partial charge in [-0.2, -0.15) is 0 Å². The molecule has 0 spiro atoms. The molecule has 1 unspecified atom stereocenters. The van der Waals surface area contributed by atoms with Crippen molar-refractivity contribution in [2.75, 3.05) is 18.6 Å². The lowest BCUT2D eigenvalue weighted by Gasteiger charge is -2.21. The SMILES string of the molecule is CN(C(=O)/C=C/c1ccc(Cl)cc1)C1CCS(=O)(=O)C1. The zero-order valence-electron chi connectivity index (χ0n) is 11.1. The number of amides is 1. The first kappa shape index (κ1) is 15.1. The zero-order chi connectivity index (χ0) is 14.8. The molecule has 1 fully saturated rings. The summed E-state index contributed by atoms with van der Waals surface area (Å²) in [5.74, 6) is 0.0299. The highest BCUT2D eigenvalue weighted by Crippen LogP contribution is 2.17. The largest absolute Gasteiger partial charge is 0.338 e. The molecule has 0 aromatic heterocycles. The monoisotopic (exact) mass is 313 g/mol. The number of sulfone groups is 1. The highest BCUT2D eigenvalue weighted by molar-refractivity contribution is 7.91. The van der Waals surface area contributed by atoms with E-state index < -0.39 is 9.84 Å². The summed E-state index contributed by atoms with van der Waals surface area (Å²) in [6, 6.07) is 6.90. The van der Waals surface area contributed by atoms with Gasteiger partial charge < -0.3 is 4.90 Å². The fraction of sp³-hybridized carbons (Fsp3) is 0.357. The molecule has 1 heterocycles. The Hall–Kier alpha value is -1.33. The molecule has 1 amide bonds. The second kappa shape index (κ2) is 5.97. The summed E-state index contributed by atoms with van der Waals surface area (Å²) < 4.78 is 22.8. The molecule has 1 aliphatic heterocycles. The van der Waals surface area contributed by atoms with Crippen molar-refractivity contribution < 1.29 is 13.2 Å². The molecule has 6 heteroatoms. The average molecular weight is 314 g/mol. The maximum absolute atomic E-state index is 12.0. The molecule has 20 heavy (non-hydrogen) atoms. The van der Waals surface area contributed by atoms with Gasteiger partial charge in [-0.25, -0.2) is 8.42 Å². The third-order valence-electron chi connectivity index (χ3n) is 3.39. The minimum absolute atomic E-state index is 0.0595. The van der Waals surface area contributed by atoms with Gasteiger partial charge in [0.25, 0.3) is 0 Å². The predicted octanol–water partition coefficient (Wildman–Crippen LogP) is 2.00. The van der Waals surface area contributed by atoms with Gasteiger partial charge in [0.15, 0.2) is 9.84 Å². The second-order valence-electron chi connectivity index (χ2n) is 4.89. The van der Waals surface area contributed by atoms with Crippen molar-refractivity contribution in [2.45, 2.75) is 12.5 Å². The van der Waals surface area contributed by atoms with E-state index in [-0.39, 0.29) is 23.5 Å². The Kier molecular flexibility index (Phi) is 4.50.